The maximum Gasteiger partial charge on any atom is 0.375 e. The van der Waals surface area contributed by atoms with Gasteiger partial charge in [0.25, 0.3) is 0 Å². The summed E-state index contributed by atoms with van der Waals surface area (Å²) in [6, 6.07) is 11.5. The minimum atomic E-state index is -0.744. The molecule has 0 fully saturated rings. The van der Waals surface area contributed by atoms with Crippen LogP contribution < -0.4 is 10.2 Å². The van der Waals surface area contributed by atoms with Crippen LogP contribution in [-0.4, -0.2) is 31.3 Å². The van der Waals surface area contributed by atoms with Crippen molar-refractivity contribution in [3.8, 4) is 16.9 Å². The molecule has 0 radical (unpaired) electrons. The first-order valence-corrected chi connectivity index (χ1v) is 10.5. The quantitative estimate of drug-likeness (QED) is 0.443. The number of fused-ring (bicyclic) bond motifs is 1. The number of esters is 2. The van der Waals surface area contributed by atoms with Crippen LogP contribution in [0.4, 0.5) is 0 Å². The summed E-state index contributed by atoms with van der Waals surface area (Å²) in [5, 5.41) is 0.267. The lowest BCUT2D eigenvalue weighted by molar-refractivity contribution is -0.149. The van der Waals surface area contributed by atoms with Crippen LogP contribution >= 0.6 is 15.9 Å². The van der Waals surface area contributed by atoms with Crippen LogP contribution in [0.3, 0.4) is 0 Å². The van der Waals surface area contributed by atoms with Crippen LogP contribution in [0.2, 0.25) is 0 Å². The van der Waals surface area contributed by atoms with E-state index in [2.05, 4.69) is 15.9 Å². The second kappa shape index (κ2) is 9.78. The second-order valence-corrected chi connectivity index (χ2v) is 7.76. The molecule has 0 amide bonds. The van der Waals surface area contributed by atoms with E-state index in [4.69, 9.17) is 18.6 Å². The van der Waals surface area contributed by atoms with Gasteiger partial charge in [-0.15, -0.1) is 0 Å². The fourth-order valence-electron chi connectivity index (χ4n) is 2.92. The lowest BCUT2D eigenvalue weighted by Crippen LogP contribution is -2.18. The highest BCUT2D eigenvalue weighted by Gasteiger charge is 2.23. The molecule has 0 unspecified atom stereocenters. The Labute approximate surface area is 187 Å². The Morgan fingerprint density at radius 3 is 2.45 bits per heavy atom. The van der Waals surface area contributed by atoms with E-state index in [9.17, 15) is 14.4 Å². The molecule has 1 aromatic heterocycles. The molecule has 0 saturated heterocycles. The van der Waals surface area contributed by atoms with Gasteiger partial charge in [-0.2, -0.15) is 0 Å². The van der Waals surface area contributed by atoms with Gasteiger partial charge in [-0.05, 0) is 50.6 Å². The summed E-state index contributed by atoms with van der Waals surface area (Å²) in [4.78, 5) is 37.5. The Hall–Kier alpha value is -3.13. The van der Waals surface area contributed by atoms with Gasteiger partial charge < -0.3 is 18.6 Å². The van der Waals surface area contributed by atoms with Crippen molar-refractivity contribution in [2.45, 2.75) is 26.9 Å². The van der Waals surface area contributed by atoms with Gasteiger partial charge in [-0.25, -0.2) is 9.59 Å². The van der Waals surface area contributed by atoms with Crippen molar-refractivity contribution >= 4 is 38.8 Å². The van der Waals surface area contributed by atoms with Gasteiger partial charge in [0.1, 0.15) is 11.3 Å². The van der Waals surface area contributed by atoms with Crippen molar-refractivity contribution in [3.63, 3.8) is 0 Å². The van der Waals surface area contributed by atoms with Crippen molar-refractivity contribution < 1.29 is 28.2 Å². The van der Waals surface area contributed by atoms with E-state index in [0.29, 0.717) is 11.3 Å². The first kappa shape index (κ1) is 22.6. The van der Waals surface area contributed by atoms with Crippen LogP contribution in [0.5, 0.6) is 5.75 Å². The van der Waals surface area contributed by atoms with Crippen LogP contribution in [0.15, 0.2) is 56.1 Å². The highest BCUT2D eigenvalue weighted by molar-refractivity contribution is 9.10. The molecule has 0 aliphatic carbocycles. The van der Waals surface area contributed by atoms with Gasteiger partial charge in [0.15, 0.2) is 6.61 Å². The fraction of sp³-hybridized carbons (Fsp3) is 0.261. The van der Waals surface area contributed by atoms with Crippen LogP contribution in [0, 0.1) is 0 Å². The largest absolute Gasteiger partial charge is 0.482 e. The van der Waals surface area contributed by atoms with Crippen LogP contribution in [-0.2, 0) is 14.3 Å². The van der Waals surface area contributed by atoms with E-state index in [-0.39, 0.29) is 47.0 Å². The number of halogens is 1. The lowest BCUT2D eigenvalue weighted by Gasteiger charge is -2.12. The lowest BCUT2D eigenvalue weighted by atomic mass is 10.0. The predicted octanol–water partition coefficient (Wildman–Crippen LogP) is 4.73. The third-order valence-electron chi connectivity index (χ3n) is 4.18. The van der Waals surface area contributed by atoms with Crippen LogP contribution in [0.1, 0.15) is 31.3 Å². The SMILES string of the molecule is CCOC(=O)c1oc2cc(OCC(=O)OC(C)C)ccc2c(=O)c1-c1ccc(Br)cc1. The van der Waals surface area contributed by atoms with Crippen LogP contribution in [0.25, 0.3) is 22.1 Å². The van der Waals surface area contributed by atoms with Gasteiger partial charge in [-0.1, -0.05) is 28.1 Å². The molecule has 7 nitrogen and oxygen atoms in total. The van der Waals surface area contributed by atoms with Gasteiger partial charge in [0.05, 0.1) is 23.7 Å². The maximum absolute atomic E-state index is 13.2. The molecule has 0 saturated carbocycles. The molecule has 3 aromatic rings. The minimum Gasteiger partial charge on any atom is -0.482 e. The average molecular weight is 489 g/mol. The molecule has 0 N–H and O–H groups in total. The molecular weight excluding hydrogens is 468 g/mol. The molecule has 0 aliphatic rings. The zero-order valence-corrected chi connectivity index (χ0v) is 18.9. The number of ether oxygens (including phenoxy) is 3. The van der Waals surface area contributed by atoms with E-state index >= 15 is 0 Å². The zero-order valence-electron chi connectivity index (χ0n) is 17.3. The molecule has 3 rings (SSSR count). The summed E-state index contributed by atoms with van der Waals surface area (Å²) >= 11 is 3.35. The summed E-state index contributed by atoms with van der Waals surface area (Å²) in [5.74, 6) is -1.17. The predicted molar refractivity (Wildman–Crippen MR) is 118 cm³/mol. The summed E-state index contributed by atoms with van der Waals surface area (Å²) < 4.78 is 22.2. The molecule has 31 heavy (non-hydrogen) atoms. The van der Waals surface area contributed by atoms with Crippen molar-refractivity contribution in [1.82, 2.24) is 0 Å². The normalized spacial score (nSPS) is 10.9. The van der Waals surface area contributed by atoms with E-state index in [1.807, 2.05) is 0 Å². The molecule has 0 atom stereocenters. The Kier molecular flexibility index (Phi) is 7.12. The van der Waals surface area contributed by atoms with Gasteiger partial charge in [0.2, 0.25) is 11.2 Å². The van der Waals surface area contributed by atoms with E-state index < -0.39 is 11.9 Å². The Balaban J connectivity index is 2.06. The first-order valence-electron chi connectivity index (χ1n) is 9.66. The Bertz CT molecular complexity index is 1160. The summed E-state index contributed by atoms with van der Waals surface area (Å²) in [6.07, 6.45) is -0.255. The average Bonchev–Trinajstić information content (AvgIpc) is 2.72. The number of benzene rings is 2. The van der Waals surface area contributed by atoms with Crippen molar-refractivity contribution in [3.05, 3.63) is 62.9 Å². The third kappa shape index (κ3) is 5.32. The number of hydrogen-bond donors (Lipinski definition) is 0. The number of hydrogen-bond acceptors (Lipinski definition) is 7. The highest BCUT2D eigenvalue weighted by Crippen LogP contribution is 2.28. The first-order chi connectivity index (χ1) is 14.8. The molecule has 8 heteroatoms. The minimum absolute atomic E-state index is 0.118. The van der Waals surface area contributed by atoms with Gasteiger partial charge in [0, 0.05) is 10.5 Å². The van der Waals surface area contributed by atoms with E-state index in [1.165, 1.54) is 12.1 Å². The van der Waals surface area contributed by atoms with Crippen molar-refractivity contribution in [2.24, 2.45) is 0 Å². The second-order valence-electron chi connectivity index (χ2n) is 6.85. The highest BCUT2D eigenvalue weighted by atomic mass is 79.9. The Morgan fingerprint density at radius 1 is 1.10 bits per heavy atom. The molecule has 0 bridgehead atoms. The number of rotatable bonds is 7. The van der Waals surface area contributed by atoms with E-state index in [1.54, 1.807) is 51.1 Å². The smallest absolute Gasteiger partial charge is 0.375 e. The molecule has 2 aromatic carbocycles. The van der Waals surface area contributed by atoms with Crippen molar-refractivity contribution in [2.75, 3.05) is 13.2 Å². The fourth-order valence-corrected chi connectivity index (χ4v) is 3.19. The molecule has 0 spiro atoms. The van der Waals surface area contributed by atoms with E-state index in [0.717, 1.165) is 4.47 Å². The van der Waals surface area contributed by atoms with Gasteiger partial charge in [-0.3, -0.25) is 4.79 Å². The molecule has 0 aliphatic heterocycles. The summed E-state index contributed by atoms with van der Waals surface area (Å²) in [7, 11) is 0. The molecular formula is C23H21BrO7. The monoisotopic (exact) mass is 488 g/mol. The van der Waals surface area contributed by atoms with Gasteiger partial charge >= 0.3 is 11.9 Å². The topological polar surface area (TPSA) is 92.0 Å². The molecule has 162 valence electrons. The Morgan fingerprint density at radius 2 is 1.81 bits per heavy atom. The standard InChI is InChI=1S/C23H21BrO7/c1-4-28-23(27)22-20(14-5-7-15(24)8-6-14)21(26)17-10-9-16(11-18(17)31-22)29-12-19(25)30-13(2)3/h5-11,13H,4,12H2,1-3H3. The summed E-state index contributed by atoms with van der Waals surface area (Å²) in [6.45, 7) is 4.97. The maximum atomic E-state index is 13.2. The zero-order chi connectivity index (χ0) is 22.5. The van der Waals surface area contributed by atoms with Crippen molar-refractivity contribution in [1.29, 1.82) is 0 Å². The molecule has 1 heterocycles. The number of carbonyl (C=O) groups excluding carboxylic acids is 2. The summed E-state index contributed by atoms with van der Waals surface area (Å²) in [5.41, 5.74) is 0.410. The third-order valence-corrected chi connectivity index (χ3v) is 4.71. The number of carbonyl (C=O) groups is 2.